The molecule has 33 heavy (non-hydrogen) atoms. The van der Waals surface area contributed by atoms with Crippen LogP contribution >= 0.6 is 0 Å². The number of carbonyl (C=O) groups is 1. The van der Waals surface area contributed by atoms with Crippen molar-refractivity contribution >= 4 is 12.1 Å². The summed E-state index contributed by atoms with van der Waals surface area (Å²) in [7, 11) is 1.74. The van der Waals surface area contributed by atoms with Gasteiger partial charge in [0.15, 0.2) is 0 Å². The zero-order valence-corrected chi connectivity index (χ0v) is 18.3. The third kappa shape index (κ3) is 4.36. The first kappa shape index (κ1) is 21.3. The number of aliphatic imine (C=N–C) groups is 1. The fourth-order valence-electron chi connectivity index (χ4n) is 4.04. The van der Waals surface area contributed by atoms with E-state index in [-0.39, 0.29) is 24.4 Å². The van der Waals surface area contributed by atoms with E-state index in [0.29, 0.717) is 35.7 Å². The molecule has 1 fully saturated rings. The van der Waals surface area contributed by atoms with Crippen LogP contribution in [0.1, 0.15) is 45.6 Å². The van der Waals surface area contributed by atoms with Gasteiger partial charge in [-0.1, -0.05) is 12.1 Å². The van der Waals surface area contributed by atoms with Crippen LogP contribution in [0.25, 0.3) is 11.1 Å². The molecule has 3 aromatic rings. The topological polar surface area (TPSA) is 75.0 Å². The number of ether oxygens (including phenoxy) is 1. The number of rotatable bonds is 7. The predicted octanol–water partition coefficient (Wildman–Crippen LogP) is 4.13. The molecule has 0 radical (unpaired) electrons. The molecule has 1 aliphatic carbocycles. The van der Waals surface area contributed by atoms with Crippen LogP contribution in [0.5, 0.6) is 5.75 Å². The number of halogens is 1. The highest BCUT2D eigenvalue weighted by molar-refractivity contribution is 5.95. The molecule has 168 valence electrons. The van der Waals surface area contributed by atoms with Crippen LogP contribution in [0.15, 0.2) is 53.7 Å². The Morgan fingerprint density at radius 1 is 1.24 bits per heavy atom. The molecule has 1 amide bonds. The zero-order chi connectivity index (χ0) is 22.9. The number of aliphatic hydroxyl groups is 1. The van der Waals surface area contributed by atoms with Crippen molar-refractivity contribution in [3.05, 3.63) is 82.4 Å². The average Bonchev–Trinajstić information content (AvgIpc) is 3.49. The molecule has 1 saturated carbocycles. The van der Waals surface area contributed by atoms with E-state index in [1.54, 1.807) is 42.6 Å². The van der Waals surface area contributed by atoms with Gasteiger partial charge in [-0.05, 0) is 59.9 Å². The van der Waals surface area contributed by atoms with Crippen LogP contribution in [0.3, 0.4) is 0 Å². The molecule has 2 aromatic carbocycles. The van der Waals surface area contributed by atoms with Crippen molar-refractivity contribution in [2.24, 2.45) is 4.99 Å². The lowest BCUT2D eigenvalue weighted by Gasteiger charge is -2.20. The molecular formula is C26H24FN3O3. The fraction of sp³-hybridized carbons (Fsp3) is 0.269. The number of hydrogen-bond acceptors (Lipinski definition) is 5. The van der Waals surface area contributed by atoms with Gasteiger partial charge in [0.05, 0.1) is 24.9 Å². The van der Waals surface area contributed by atoms with Crippen molar-refractivity contribution in [3.8, 4) is 16.9 Å². The first-order valence-corrected chi connectivity index (χ1v) is 11.0. The lowest BCUT2D eigenvalue weighted by molar-refractivity contribution is 0.0784. The van der Waals surface area contributed by atoms with Crippen molar-refractivity contribution in [1.29, 1.82) is 0 Å². The van der Waals surface area contributed by atoms with Crippen LogP contribution in [-0.4, -0.2) is 40.3 Å². The van der Waals surface area contributed by atoms with Gasteiger partial charge in [-0.25, -0.2) is 4.39 Å². The number of aliphatic hydroxyl groups excluding tert-OH is 1. The third-order valence-corrected chi connectivity index (χ3v) is 5.96. The van der Waals surface area contributed by atoms with Crippen molar-refractivity contribution in [1.82, 2.24) is 9.88 Å². The second-order valence-electron chi connectivity index (χ2n) is 8.45. The fourth-order valence-corrected chi connectivity index (χ4v) is 4.04. The van der Waals surface area contributed by atoms with Crippen LogP contribution in [0.4, 0.5) is 4.39 Å². The van der Waals surface area contributed by atoms with E-state index >= 15 is 0 Å². The second-order valence-corrected chi connectivity index (χ2v) is 8.45. The minimum Gasteiger partial charge on any atom is -0.490 e. The van der Waals surface area contributed by atoms with Crippen LogP contribution < -0.4 is 4.74 Å². The summed E-state index contributed by atoms with van der Waals surface area (Å²) >= 11 is 0. The molecular weight excluding hydrogens is 421 g/mol. The minimum absolute atomic E-state index is 0.138. The van der Waals surface area contributed by atoms with Crippen molar-refractivity contribution in [2.45, 2.75) is 38.6 Å². The van der Waals surface area contributed by atoms with Crippen molar-refractivity contribution in [2.75, 3.05) is 7.05 Å². The number of hydrogen-bond donors (Lipinski definition) is 1. The number of benzene rings is 2. The van der Waals surface area contributed by atoms with E-state index in [4.69, 9.17) is 4.74 Å². The quantitative estimate of drug-likeness (QED) is 0.594. The zero-order valence-electron chi connectivity index (χ0n) is 18.3. The number of nitrogens with zero attached hydrogens (tertiary/aromatic N) is 3. The standard InChI is InChI=1S/C26H24FN3O3/c1-30(14-18-11-29-24(15-31)23-13-28-12-22(18)23)26(32)17-5-8-21(16-3-2-4-19(27)9-16)25(10-17)33-20-6-7-20/h2-5,8-11,13,20,31H,6-7,12,14-15H2,1H3. The average molecular weight is 445 g/mol. The second kappa shape index (κ2) is 8.75. The Morgan fingerprint density at radius 3 is 2.85 bits per heavy atom. The molecule has 2 aliphatic rings. The van der Waals surface area contributed by atoms with Crippen molar-refractivity contribution < 1.29 is 19.0 Å². The summed E-state index contributed by atoms with van der Waals surface area (Å²) in [6, 6.07) is 11.7. The first-order valence-electron chi connectivity index (χ1n) is 11.0. The Labute approximate surface area is 191 Å². The van der Waals surface area contributed by atoms with Crippen LogP contribution in [-0.2, 0) is 19.7 Å². The summed E-state index contributed by atoms with van der Waals surface area (Å²) in [5.41, 5.74) is 5.31. The number of amides is 1. The highest BCUT2D eigenvalue weighted by atomic mass is 19.1. The van der Waals surface area contributed by atoms with Gasteiger partial charge in [-0.2, -0.15) is 0 Å². The largest absolute Gasteiger partial charge is 0.490 e. The molecule has 0 atom stereocenters. The Balaban J connectivity index is 1.41. The Hall–Kier alpha value is -3.58. The van der Waals surface area contributed by atoms with Gasteiger partial charge in [0.2, 0.25) is 0 Å². The summed E-state index contributed by atoms with van der Waals surface area (Å²) in [5.74, 6) is 0.119. The van der Waals surface area contributed by atoms with Crippen molar-refractivity contribution in [3.63, 3.8) is 0 Å². The van der Waals surface area contributed by atoms with Crippen LogP contribution in [0.2, 0.25) is 0 Å². The predicted molar refractivity (Wildman–Crippen MR) is 123 cm³/mol. The molecule has 2 heterocycles. The van der Waals surface area contributed by atoms with E-state index in [0.717, 1.165) is 35.1 Å². The van der Waals surface area contributed by atoms with Gasteiger partial charge >= 0.3 is 0 Å². The van der Waals surface area contributed by atoms with E-state index in [1.165, 1.54) is 12.1 Å². The smallest absolute Gasteiger partial charge is 0.254 e. The van der Waals surface area contributed by atoms with Gasteiger partial charge < -0.3 is 14.7 Å². The first-order chi connectivity index (χ1) is 16.0. The maximum absolute atomic E-state index is 13.8. The molecule has 1 aliphatic heterocycles. The molecule has 0 bridgehead atoms. The summed E-state index contributed by atoms with van der Waals surface area (Å²) in [4.78, 5) is 23.5. The summed E-state index contributed by atoms with van der Waals surface area (Å²) in [6.45, 7) is 0.739. The normalized spacial score (nSPS) is 14.3. The number of carbonyl (C=O) groups excluding carboxylic acids is 1. The van der Waals surface area contributed by atoms with E-state index in [2.05, 4.69) is 9.98 Å². The molecule has 0 unspecified atom stereocenters. The summed E-state index contributed by atoms with van der Waals surface area (Å²) in [6.07, 6.45) is 5.53. The minimum atomic E-state index is -0.318. The number of pyridine rings is 1. The Morgan fingerprint density at radius 2 is 2.09 bits per heavy atom. The highest BCUT2D eigenvalue weighted by Crippen LogP contribution is 2.36. The van der Waals surface area contributed by atoms with Gasteiger partial charge in [0.25, 0.3) is 5.91 Å². The lowest BCUT2D eigenvalue weighted by atomic mass is 10.0. The summed E-state index contributed by atoms with van der Waals surface area (Å²) < 4.78 is 19.9. The number of aromatic nitrogens is 1. The van der Waals surface area contributed by atoms with Gasteiger partial charge in [0.1, 0.15) is 11.6 Å². The molecule has 1 N–H and O–H groups in total. The molecule has 7 heteroatoms. The van der Waals surface area contributed by atoms with Gasteiger partial charge in [-0.3, -0.25) is 14.8 Å². The molecule has 1 aromatic heterocycles. The molecule has 0 spiro atoms. The molecule has 6 nitrogen and oxygen atoms in total. The molecule has 0 saturated heterocycles. The van der Waals surface area contributed by atoms with Gasteiger partial charge in [-0.15, -0.1) is 0 Å². The molecule has 5 rings (SSSR count). The van der Waals surface area contributed by atoms with E-state index in [1.807, 2.05) is 12.1 Å². The summed E-state index contributed by atoms with van der Waals surface area (Å²) in [5, 5.41) is 9.50. The van der Waals surface area contributed by atoms with Crippen LogP contribution in [0, 0.1) is 5.82 Å². The van der Waals surface area contributed by atoms with E-state index < -0.39 is 0 Å². The highest BCUT2D eigenvalue weighted by Gasteiger charge is 2.26. The monoisotopic (exact) mass is 445 g/mol. The third-order valence-electron chi connectivity index (χ3n) is 5.96. The number of fused-ring (bicyclic) bond motifs is 1. The lowest BCUT2D eigenvalue weighted by Crippen LogP contribution is -2.27. The maximum Gasteiger partial charge on any atom is 0.254 e. The Kier molecular flexibility index (Phi) is 5.64. The Bertz CT molecular complexity index is 1250. The SMILES string of the molecule is CN(Cc1cnc(CO)c2c1CN=C2)C(=O)c1ccc(-c2cccc(F)c2)c(OC2CC2)c1. The van der Waals surface area contributed by atoms with Gasteiger partial charge in [0, 0.05) is 42.7 Å². The van der Waals surface area contributed by atoms with E-state index in [9.17, 15) is 14.3 Å². The maximum atomic E-state index is 13.8.